The average molecular weight is 366 g/mol. The van der Waals surface area contributed by atoms with Crippen LogP contribution < -0.4 is 10.6 Å². The zero-order valence-corrected chi connectivity index (χ0v) is 15.2. The van der Waals surface area contributed by atoms with Gasteiger partial charge in [-0.1, -0.05) is 17.2 Å². The quantitative estimate of drug-likeness (QED) is 0.693. The normalized spacial score (nSPS) is 10.5. The van der Waals surface area contributed by atoms with Crippen LogP contribution >= 0.6 is 0 Å². The number of hydrogen-bond donors (Lipinski definition) is 2. The van der Waals surface area contributed by atoms with Crippen molar-refractivity contribution in [2.24, 2.45) is 0 Å². The molecule has 1 aromatic heterocycles. The van der Waals surface area contributed by atoms with Crippen LogP contribution in [0.3, 0.4) is 0 Å². The first kappa shape index (κ1) is 18.4. The summed E-state index contributed by atoms with van der Waals surface area (Å²) in [5.41, 5.74) is 3.12. The van der Waals surface area contributed by atoms with Gasteiger partial charge in [0.25, 0.3) is 11.8 Å². The Morgan fingerprint density at radius 2 is 1.59 bits per heavy atom. The number of hydrogen-bond acceptors (Lipinski definition) is 3. The van der Waals surface area contributed by atoms with E-state index in [1.54, 1.807) is 19.1 Å². The number of benzene rings is 2. The zero-order valence-electron chi connectivity index (χ0n) is 15.2. The molecule has 0 bridgehead atoms. The van der Waals surface area contributed by atoms with Crippen molar-refractivity contribution in [2.45, 2.75) is 20.8 Å². The lowest BCUT2D eigenvalue weighted by molar-refractivity contribution is 0.101. The second-order valence-electron chi connectivity index (χ2n) is 6.37. The van der Waals surface area contributed by atoms with Gasteiger partial charge in [0.2, 0.25) is 0 Å². The highest BCUT2D eigenvalue weighted by Gasteiger charge is 2.15. The van der Waals surface area contributed by atoms with Gasteiger partial charge in [-0.15, -0.1) is 0 Å². The molecule has 6 heteroatoms. The van der Waals surface area contributed by atoms with E-state index in [0.717, 1.165) is 11.1 Å². The Hall–Kier alpha value is -3.41. The molecule has 0 unspecified atom stereocenters. The van der Waals surface area contributed by atoms with Crippen LogP contribution in [0, 0.1) is 26.6 Å². The highest BCUT2D eigenvalue weighted by Crippen LogP contribution is 2.22. The topological polar surface area (TPSA) is 71.3 Å². The highest BCUT2D eigenvalue weighted by atomic mass is 19.1. The first-order valence-electron chi connectivity index (χ1n) is 8.38. The van der Waals surface area contributed by atoms with E-state index in [4.69, 9.17) is 4.42 Å². The second kappa shape index (κ2) is 7.45. The summed E-state index contributed by atoms with van der Waals surface area (Å²) >= 11 is 0. The molecule has 5 nitrogen and oxygen atoms in total. The van der Waals surface area contributed by atoms with Crippen molar-refractivity contribution in [3.8, 4) is 0 Å². The van der Waals surface area contributed by atoms with Crippen LogP contribution in [-0.2, 0) is 0 Å². The van der Waals surface area contributed by atoms with Gasteiger partial charge in [-0.25, -0.2) is 4.39 Å². The number of anilines is 2. The van der Waals surface area contributed by atoms with Crippen LogP contribution in [-0.4, -0.2) is 11.8 Å². The smallest absolute Gasteiger partial charge is 0.259 e. The minimum Gasteiger partial charge on any atom is -0.469 e. The van der Waals surface area contributed by atoms with Gasteiger partial charge >= 0.3 is 0 Å². The molecule has 0 saturated heterocycles. The van der Waals surface area contributed by atoms with Crippen LogP contribution in [0.25, 0.3) is 0 Å². The molecule has 0 atom stereocenters. The van der Waals surface area contributed by atoms with Gasteiger partial charge in [-0.05, 0) is 57.2 Å². The molecule has 0 aliphatic heterocycles. The molecule has 27 heavy (non-hydrogen) atoms. The lowest BCUT2D eigenvalue weighted by atomic mass is 10.1. The molecule has 0 aliphatic carbocycles. The van der Waals surface area contributed by atoms with E-state index < -0.39 is 11.7 Å². The van der Waals surface area contributed by atoms with Crippen molar-refractivity contribution in [3.05, 3.63) is 82.6 Å². The molecule has 3 rings (SSSR count). The lowest BCUT2D eigenvalue weighted by Crippen LogP contribution is -2.15. The molecule has 1 heterocycles. The van der Waals surface area contributed by atoms with E-state index in [0.29, 0.717) is 22.6 Å². The summed E-state index contributed by atoms with van der Waals surface area (Å²) in [5, 5.41) is 5.22. The molecule has 0 spiro atoms. The third kappa shape index (κ3) is 4.23. The predicted molar refractivity (Wildman–Crippen MR) is 102 cm³/mol. The molecular weight excluding hydrogens is 347 g/mol. The van der Waals surface area contributed by atoms with E-state index in [9.17, 15) is 14.0 Å². The summed E-state index contributed by atoms with van der Waals surface area (Å²) in [5.74, 6) is -0.963. The first-order valence-corrected chi connectivity index (χ1v) is 8.38. The van der Waals surface area contributed by atoms with Crippen LogP contribution in [0.4, 0.5) is 15.8 Å². The largest absolute Gasteiger partial charge is 0.469 e. The second-order valence-corrected chi connectivity index (χ2v) is 6.37. The van der Waals surface area contributed by atoms with Gasteiger partial charge in [0.1, 0.15) is 11.6 Å². The van der Waals surface area contributed by atoms with Gasteiger partial charge in [-0.2, -0.15) is 0 Å². The Morgan fingerprint density at radius 3 is 2.22 bits per heavy atom. The van der Waals surface area contributed by atoms with Crippen molar-refractivity contribution < 1.29 is 18.4 Å². The van der Waals surface area contributed by atoms with Crippen molar-refractivity contribution in [1.82, 2.24) is 0 Å². The molecule has 0 fully saturated rings. The Kier molecular flexibility index (Phi) is 5.07. The maximum Gasteiger partial charge on any atom is 0.259 e. The Balaban J connectivity index is 1.79. The minimum atomic E-state index is -0.603. The molecule has 0 radical (unpaired) electrons. The number of carbonyl (C=O) groups excluding carboxylic acids is 2. The van der Waals surface area contributed by atoms with Crippen molar-refractivity contribution >= 4 is 23.2 Å². The molecule has 2 amide bonds. The summed E-state index contributed by atoms with van der Waals surface area (Å²) in [7, 11) is 0. The van der Waals surface area contributed by atoms with Gasteiger partial charge in [-0.3, -0.25) is 9.59 Å². The minimum absolute atomic E-state index is 0.0289. The van der Waals surface area contributed by atoms with Gasteiger partial charge < -0.3 is 15.1 Å². The molecule has 2 N–H and O–H groups in total. The number of aryl methyl sites for hydroxylation is 3. The van der Waals surface area contributed by atoms with Crippen LogP contribution in [0.2, 0.25) is 0 Å². The number of rotatable bonds is 4. The summed E-state index contributed by atoms with van der Waals surface area (Å²) in [6, 6.07) is 11.0. The summed E-state index contributed by atoms with van der Waals surface area (Å²) in [6.45, 7) is 5.46. The molecule has 0 aliphatic rings. The Labute approximate surface area is 156 Å². The third-order valence-electron chi connectivity index (χ3n) is 4.06. The number of furan rings is 1. The lowest BCUT2D eigenvalue weighted by Gasteiger charge is -2.10. The molecule has 3 aromatic rings. The highest BCUT2D eigenvalue weighted by molar-refractivity contribution is 6.07. The average Bonchev–Trinajstić information content (AvgIpc) is 3.03. The van der Waals surface area contributed by atoms with Crippen LogP contribution in [0.5, 0.6) is 0 Å². The fraction of sp³-hybridized carbons (Fsp3) is 0.143. The molecule has 2 aromatic carbocycles. The number of nitrogens with one attached hydrogen (secondary N) is 2. The maximum atomic E-state index is 14.1. The van der Waals surface area contributed by atoms with Crippen LogP contribution in [0.15, 0.2) is 53.1 Å². The Bertz CT molecular complexity index is 1000. The van der Waals surface area contributed by atoms with E-state index in [1.165, 1.54) is 30.5 Å². The fourth-order valence-corrected chi connectivity index (χ4v) is 2.82. The summed E-state index contributed by atoms with van der Waals surface area (Å²) in [6.07, 6.45) is 1.39. The number of carbonyl (C=O) groups is 2. The fourth-order valence-electron chi connectivity index (χ4n) is 2.82. The maximum absolute atomic E-state index is 14.1. The van der Waals surface area contributed by atoms with Crippen molar-refractivity contribution in [3.63, 3.8) is 0 Å². The summed E-state index contributed by atoms with van der Waals surface area (Å²) in [4.78, 5) is 24.7. The molecule has 138 valence electrons. The van der Waals surface area contributed by atoms with Crippen molar-refractivity contribution in [2.75, 3.05) is 10.6 Å². The van der Waals surface area contributed by atoms with Crippen molar-refractivity contribution in [1.29, 1.82) is 0 Å². The monoisotopic (exact) mass is 366 g/mol. The predicted octanol–water partition coefficient (Wildman–Crippen LogP) is 4.85. The van der Waals surface area contributed by atoms with Crippen LogP contribution in [0.1, 0.15) is 37.6 Å². The molecule has 0 saturated carbocycles. The number of halogens is 1. The van der Waals surface area contributed by atoms with E-state index in [1.807, 2.05) is 19.9 Å². The third-order valence-corrected chi connectivity index (χ3v) is 4.06. The Morgan fingerprint density at radius 1 is 0.889 bits per heavy atom. The standard InChI is InChI=1S/C21H19FN2O3/c1-12-8-13(2)10-15(9-12)20(25)23-16-4-5-18(22)19(11-16)24-21(26)17-6-7-27-14(17)3/h4-11H,1-3H3,(H,23,25)(H,24,26). The molecular formula is C21H19FN2O3. The first-order chi connectivity index (χ1) is 12.8. The van der Waals surface area contributed by atoms with Gasteiger partial charge in [0, 0.05) is 11.3 Å². The SMILES string of the molecule is Cc1cc(C)cc(C(=O)Nc2ccc(F)c(NC(=O)c3ccoc3C)c2)c1. The summed E-state index contributed by atoms with van der Waals surface area (Å²) < 4.78 is 19.2. The van der Waals surface area contributed by atoms with Gasteiger partial charge in [0.15, 0.2) is 0 Å². The zero-order chi connectivity index (χ0) is 19.6. The van der Waals surface area contributed by atoms with Gasteiger partial charge in [0.05, 0.1) is 17.5 Å². The van der Waals surface area contributed by atoms with E-state index in [2.05, 4.69) is 10.6 Å². The van der Waals surface area contributed by atoms with E-state index in [-0.39, 0.29) is 11.6 Å². The number of amides is 2. The van der Waals surface area contributed by atoms with E-state index >= 15 is 0 Å².